The molecule has 0 atom stereocenters. The van der Waals surface area contributed by atoms with Crippen LogP contribution in [0, 0.1) is 0 Å². The fourth-order valence-corrected chi connectivity index (χ4v) is 1.48. The van der Waals surface area contributed by atoms with Gasteiger partial charge in [0, 0.05) is 5.33 Å². The molecule has 3 nitrogen and oxygen atoms in total. The first kappa shape index (κ1) is 10.1. The molecule has 0 fully saturated rings. The summed E-state index contributed by atoms with van der Waals surface area (Å²) in [7, 11) is 0. The predicted octanol–water partition coefficient (Wildman–Crippen LogP) is 2.03. The van der Waals surface area contributed by atoms with Gasteiger partial charge in [-0.05, 0) is 24.1 Å². The summed E-state index contributed by atoms with van der Waals surface area (Å²) in [4.78, 5) is 10.6. The van der Waals surface area contributed by atoms with E-state index in [1.165, 1.54) is 12.1 Å². The lowest BCUT2D eigenvalue weighted by Gasteiger charge is -2.02. The number of carboxylic acids is 1. The van der Waals surface area contributed by atoms with Crippen molar-refractivity contribution in [2.75, 3.05) is 5.33 Å². The maximum atomic E-state index is 10.6. The summed E-state index contributed by atoms with van der Waals surface area (Å²) in [6.45, 7) is 0. The first-order chi connectivity index (χ1) is 6.15. The van der Waals surface area contributed by atoms with Gasteiger partial charge < -0.3 is 10.2 Å². The van der Waals surface area contributed by atoms with Crippen LogP contribution in [0.25, 0.3) is 0 Å². The Bertz CT molecular complexity index is 323. The van der Waals surface area contributed by atoms with Gasteiger partial charge in [-0.25, -0.2) is 4.79 Å². The van der Waals surface area contributed by atoms with Crippen molar-refractivity contribution in [3.8, 4) is 5.75 Å². The molecule has 2 N–H and O–H groups in total. The SMILES string of the molecule is O=C(O)c1cc(CCBr)ccc1O. The van der Waals surface area contributed by atoms with Crippen LogP contribution in [0.15, 0.2) is 18.2 Å². The maximum Gasteiger partial charge on any atom is 0.339 e. The summed E-state index contributed by atoms with van der Waals surface area (Å²) in [5.41, 5.74) is 0.852. The van der Waals surface area contributed by atoms with Crippen molar-refractivity contribution >= 4 is 21.9 Å². The zero-order valence-corrected chi connectivity index (χ0v) is 8.41. The molecule has 1 aromatic rings. The third-order valence-electron chi connectivity index (χ3n) is 1.67. The van der Waals surface area contributed by atoms with Crippen molar-refractivity contribution in [1.29, 1.82) is 0 Å². The second kappa shape index (κ2) is 4.28. The average molecular weight is 245 g/mol. The summed E-state index contributed by atoms with van der Waals surface area (Å²) in [5.74, 6) is -1.29. The number of phenols is 1. The van der Waals surface area contributed by atoms with Crippen LogP contribution >= 0.6 is 15.9 Å². The largest absolute Gasteiger partial charge is 0.507 e. The van der Waals surface area contributed by atoms with Gasteiger partial charge in [-0.2, -0.15) is 0 Å². The predicted molar refractivity (Wildman–Crippen MR) is 52.6 cm³/mol. The van der Waals surface area contributed by atoms with Crippen LogP contribution in [0.5, 0.6) is 5.75 Å². The summed E-state index contributed by atoms with van der Waals surface area (Å²) in [5, 5.41) is 18.6. The van der Waals surface area contributed by atoms with Crippen LogP contribution < -0.4 is 0 Å². The Hall–Kier alpha value is -1.03. The standard InChI is InChI=1S/C9H9BrO3/c10-4-3-6-1-2-8(11)7(5-6)9(12)13/h1-2,5,11H,3-4H2,(H,12,13). The number of halogens is 1. The first-order valence-electron chi connectivity index (χ1n) is 3.76. The maximum absolute atomic E-state index is 10.6. The van der Waals surface area contributed by atoms with Crippen molar-refractivity contribution < 1.29 is 15.0 Å². The minimum Gasteiger partial charge on any atom is -0.507 e. The Kier molecular flexibility index (Phi) is 3.31. The summed E-state index contributed by atoms with van der Waals surface area (Å²) >= 11 is 3.26. The molecule has 0 saturated carbocycles. The molecule has 0 aliphatic carbocycles. The van der Waals surface area contributed by atoms with E-state index in [9.17, 15) is 9.90 Å². The molecule has 0 bridgehead atoms. The first-order valence-corrected chi connectivity index (χ1v) is 4.88. The fraction of sp³-hybridized carbons (Fsp3) is 0.222. The van der Waals surface area contributed by atoms with Crippen LogP contribution in [-0.2, 0) is 6.42 Å². The number of aromatic carboxylic acids is 1. The molecule has 0 saturated heterocycles. The van der Waals surface area contributed by atoms with Gasteiger partial charge in [0.05, 0.1) is 0 Å². The molecule has 0 heterocycles. The number of benzene rings is 1. The monoisotopic (exact) mass is 244 g/mol. The van der Waals surface area contributed by atoms with E-state index in [4.69, 9.17) is 5.11 Å². The molecule has 0 aliphatic heterocycles. The third-order valence-corrected chi connectivity index (χ3v) is 2.07. The molecule has 4 heteroatoms. The van der Waals surface area contributed by atoms with E-state index in [0.717, 1.165) is 17.3 Å². The van der Waals surface area contributed by atoms with E-state index in [2.05, 4.69) is 15.9 Å². The molecule has 13 heavy (non-hydrogen) atoms. The normalized spacial score (nSPS) is 9.92. The number of aromatic hydroxyl groups is 1. The molecular weight excluding hydrogens is 236 g/mol. The summed E-state index contributed by atoms with van der Waals surface area (Å²) in [6.07, 6.45) is 0.751. The van der Waals surface area contributed by atoms with Crippen LogP contribution in [-0.4, -0.2) is 21.5 Å². The lowest BCUT2D eigenvalue weighted by atomic mass is 10.1. The van der Waals surface area contributed by atoms with E-state index in [1.807, 2.05) is 0 Å². The number of hydrogen-bond donors (Lipinski definition) is 2. The number of aryl methyl sites for hydroxylation is 1. The molecule has 70 valence electrons. The molecule has 0 aromatic heterocycles. The minimum absolute atomic E-state index is 0.0431. The Balaban J connectivity index is 3.04. The molecule has 0 spiro atoms. The van der Waals surface area contributed by atoms with Crippen molar-refractivity contribution in [3.63, 3.8) is 0 Å². The Morgan fingerprint density at radius 2 is 2.15 bits per heavy atom. The lowest BCUT2D eigenvalue weighted by molar-refractivity contribution is 0.0693. The van der Waals surface area contributed by atoms with E-state index in [0.29, 0.717) is 0 Å². The highest BCUT2D eigenvalue weighted by molar-refractivity contribution is 9.09. The van der Waals surface area contributed by atoms with Gasteiger partial charge in [-0.15, -0.1) is 0 Å². The Morgan fingerprint density at radius 1 is 1.46 bits per heavy atom. The highest BCUT2D eigenvalue weighted by Crippen LogP contribution is 2.18. The van der Waals surface area contributed by atoms with E-state index >= 15 is 0 Å². The van der Waals surface area contributed by atoms with Crippen LogP contribution in [0.4, 0.5) is 0 Å². The van der Waals surface area contributed by atoms with E-state index < -0.39 is 5.97 Å². The summed E-state index contributed by atoms with van der Waals surface area (Å²) < 4.78 is 0. The van der Waals surface area contributed by atoms with Gasteiger partial charge in [0.2, 0.25) is 0 Å². The average Bonchev–Trinajstić information content (AvgIpc) is 2.08. The number of hydrogen-bond acceptors (Lipinski definition) is 2. The fourth-order valence-electron chi connectivity index (χ4n) is 1.02. The highest BCUT2D eigenvalue weighted by Gasteiger charge is 2.09. The van der Waals surface area contributed by atoms with Gasteiger partial charge in [0.1, 0.15) is 11.3 Å². The van der Waals surface area contributed by atoms with Crippen LogP contribution in [0.1, 0.15) is 15.9 Å². The highest BCUT2D eigenvalue weighted by atomic mass is 79.9. The number of alkyl halides is 1. The van der Waals surface area contributed by atoms with Gasteiger partial charge in [0.15, 0.2) is 0 Å². The topological polar surface area (TPSA) is 57.5 Å². The van der Waals surface area contributed by atoms with E-state index in [1.54, 1.807) is 6.07 Å². The van der Waals surface area contributed by atoms with Crippen molar-refractivity contribution in [3.05, 3.63) is 29.3 Å². The molecule has 1 rings (SSSR count). The zero-order valence-electron chi connectivity index (χ0n) is 6.83. The van der Waals surface area contributed by atoms with E-state index in [-0.39, 0.29) is 11.3 Å². The molecule has 1 aromatic carbocycles. The smallest absolute Gasteiger partial charge is 0.339 e. The van der Waals surface area contributed by atoms with Gasteiger partial charge >= 0.3 is 5.97 Å². The Labute approximate surface area is 84.1 Å². The quantitative estimate of drug-likeness (QED) is 0.801. The number of carbonyl (C=O) groups is 1. The van der Waals surface area contributed by atoms with Crippen LogP contribution in [0.3, 0.4) is 0 Å². The summed E-state index contributed by atoms with van der Waals surface area (Å²) in [6, 6.07) is 4.60. The molecular formula is C9H9BrO3. The molecule has 0 aliphatic rings. The van der Waals surface area contributed by atoms with Crippen molar-refractivity contribution in [2.45, 2.75) is 6.42 Å². The minimum atomic E-state index is -1.10. The number of carboxylic acid groups (broad SMARTS) is 1. The van der Waals surface area contributed by atoms with Crippen molar-refractivity contribution in [1.82, 2.24) is 0 Å². The Morgan fingerprint density at radius 3 is 2.69 bits per heavy atom. The molecule has 0 amide bonds. The van der Waals surface area contributed by atoms with Gasteiger partial charge in [-0.3, -0.25) is 0 Å². The molecule has 0 unspecified atom stereocenters. The zero-order chi connectivity index (χ0) is 9.84. The lowest BCUT2D eigenvalue weighted by Crippen LogP contribution is -1.98. The van der Waals surface area contributed by atoms with Gasteiger partial charge in [0.25, 0.3) is 0 Å². The second-order valence-corrected chi connectivity index (χ2v) is 3.39. The van der Waals surface area contributed by atoms with Gasteiger partial charge in [-0.1, -0.05) is 22.0 Å². The molecule has 0 radical (unpaired) electrons. The number of rotatable bonds is 3. The van der Waals surface area contributed by atoms with Crippen molar-refractivity contribution in [2.24, 2.45) is 0 Å². The third kappa shape index (κ3) is 2.45. The second-order valence-electron chi connectivity index (χ2n) is 2.60. The van der Waals surface area contributed by atoms with Crippen LogP contribution in [0.2, 0.25) is 0 Å².